The maximum Gasteiger partial charge on any atom is 0.410 e. The number of esters is 2. The molecule has 0 radical (unpaired) electrons. The average Bonchev–Trinajstić information content (AvgIpc) is 2.84. The van der Waals surface area contributed by atoms with Gasteiger partial charge < -0.3 is 24.4 Å². The average molecular weight is 386 g/mol. The largest absolute Gasteiger partial charge is 0.469 e. The van der Waals surface area contributed by atoms with Gasteiger partial charge in [-0.15, -0.1) is 0 Å². The van der Waals surface area contributed by atoms with Crippen LogP contribution in [0.15, 0.2) is 0 Å². The minimum Gasteiger partial charge on any atom is -0.469 e. The number of amides is 2. The Morgan fingerprint density at radius 1 is 1.11 bits per heavy atom. The molecular formula is C18H30N2O7. The van der Waals surface area contributed by atoms with E-state index in [1.165, 1.54) is 33.1 Å². The van der Waals surface area contributed by atoms with Crippen LogP contribution in [0.25, 0.3) is 0 Å². The molecule has 1 N–H and O–H groups in total. The fourth-order valence-electron chi connectivity index (χ4n) is 3.67. The molecule has 1 saturated carbocycles. The second kappa shape index (κ2) is 8.14. The summed E-state index contributed by atoms with van der Waals surface area (Å²) in [7, 11) is 3.93. The van der Waals surface area contributed by atoms with Crippen molar-refractivity contribution >= 4 is 23.9 Å². The van der Waals surface area contributed by atoms with Crippen molar-refractivity contribution in [3.63, 3.8) is 0 Å². The van der Waals surface area contributed by atoms with Crippen molar-refractivity contribution in [3.05, 3.63) is 0 Å². The van der Waals surface area contributed by atoms with Crippen LogP contribution in [-0.4, -0.2) is 67.8 Å². The highest BCUT2D eigenvalue weighted by Crippen LogP contribution is 2.46. The second-order valence-corrected chi connectivity index (χ2v) is 8.01. The lowest BCUT2D eigenvalue weighted by atomic mass is 9.83. The molecule has 0 aliphatic heterocycles. The van der Waals surface area contributed by atoms with Gasteiger partial charge in [-0.05, 0) is 34.1 Å². The van der Waals surface area contributed by atoms with E-state index in [-0.39, 0.29) is 6.42 Å². The Bertz CT molecular complexity index is 613. The summed E-state index contributed by atoms with van der Waals surface area (Å²) >= 11 is 0. The zero-order valence-electron chi connectivity index (χ0n) is 17.2. The summed E-state index contributed by atoms with van der Waals surface area (Å²) in [5, 5.41) is 2.69. The van der Waals surface area contributed by atoms with E-state index in [0.29, 0.717) is 0 Å². The summed E-state index contributed by atoms with van der Waals surface area (Å²) < 4.78 is 15.2. The normalized spacial score (nSPS) is 27.5. The summed E-state index contributed by atoms with van der Waals surface area (Å²) in [5.41, 5.74) is -2.00. The third-order valence-corrected chi connectivity index (χ3v) is 4.69. The Hall–Kier alpha value is -2.32. The first-order valence-electron chi connectivity index (χ1n) is 8.67. The fraction of sp³-hybridized carbons (Fsp3) is 0.778. The lowest BCUT2D eigenvalue weighted by Gasteiger charge is -2.39. The SMILES string of the molecule is COC(=O)[C@@H]1C[C@](C)(C(=O)OC)[C@H](N(C)C(=O)OC(C)(C)C)[C@@H]1NC(C)=O. The Balaban J connectivity index is 3.42. The number of nitrogens with zero attached hydrogens (tertiary/aromatic N) is 1. The van der Waals surface area contributed by atoms with Crippen molar-refractivity contribution in [3.8, 4) is 0 Å². The number of carbonyl (C=O) groups excluding carboxylic acids is 4. The van der Waals surface area contributed by atoms with Gasteiger partial charge in [0.2, 0.25) is 5.91 Å². The van der Waals surface area contributed by atoms with Gasteiger partial charge in [-0.25, -0.2) is 4.79 Å². The first-order chi connectivity index (χ1) is 12.3. The summed E-state index contributed by atoms with van der Waals surface area (Å²) in [6.07, 6.45) is -0.627. The fourth-order valence-corrected chi connectivity index (χ4v) is 3.67. The van der Waals surface area contributed by atoms with E-state index < -0.39 is 53.0 Å². The third kappa shape index (κ3) is 4.90. The molecule has 1 rings (SSSR count). The number of likely N-dealkylation sites (N-methyl/N-ethyl adjacent to an activating group) is 1. The predicted molar refractivity (Wildman–Crippen MR) is 95.6 cm³/mol. The van der Waals surface area contributed by atoms with Crippen molar-refractivity contribution in [1.29, 1.82) is 0 Å². The number of rotatable bonds is 4. The molecule has 0 bridgehead atoms. The van der Waals surface area contributed by atoms with Crippen molar-refractivity contribution in [2.45, 2.75) is 58.7 Å². The van der Waals surface area contributed by atoms with E-state index in [4.69, 9.17) is 14.2 Å². The molecule has 9 heteroatoms. The molecule has 0 aromatic heterocycles. The molecule has 4 atom stereocenters. The van der Waals surface area contributed by atoms with E-state index >= 15 is 0 Å². The molecule has 0 heterocycles. The molecule has 0 aromatic carbocycles. The molecule has 9 nitrogen and oxygen atoms in total. The van der Waals surface area contributed by atoms with Crippen LogP contribution in [0.2, 0.25) is 0 Å². The number of hydrogen-bond acceptors (Lipinski definition) is 7. The number of ether oxygens (including phenoxy) is 3. The molecule has 27 heavy (non-hydrogen) atoms. The molecular weight excluding hydrogens is 356 g/mol. The summed E-state index contributed by atoms with van der Waals surface area (Å²) in [5.74, 6) is -2.39. The van der Waals surface area contributed by atoms with Gasteiger partial charge in [0.25, 0.3) is 0 Å². The smallest absolute Gasteiger partial charge is 0.410 e. The van der Waals surface area contributed by atoms with Gasteiger partial charge in [0, 0.05) is 14.0 Å². The van der Waals surface area contributed by atoms with Gasteiger partial charge in [-0.3, -0.25) is 14.4 Å². The zero-order valence-corrected chi connectivity index (χ0v) is 17.2. The molecule has 1 fully saturated rings. The lowest BCUT2D eigenvalue weighted by Crippen LogP contribution is -2.58. The van der Waals surface area contributed by atoms with Crippen LogP contribution in [0.1, 0.15) is 41.0 Å². The van der Waals surface area contributed by atoms with Crippen LogP contribution in [0.5, 0.6) is 0 Å². The van der Waals surface area contributed by atoms with Crippen molar-refractivity contribution in [2.75, 3.05) is 21.3 Å². The molecule has 0 spiro atoms. The first kappa shape index (κ1) is 22.7. The topological polar surface area (TPSA) is 111 Å². The Labute approximate surface area is 159 Å². The number of nitrogens with one attached hydrogen (secondary N) is 1. The van der Waals surface area contributed by atoms with E-state index in [0.717, 1.165) is 0 Å². The Morgan fingerprint density at radius 3 is 2.07 bits per heavy atom. The highest BCUT2D eigenvalue weighted by molar-refractivity contribution is 5.84. The highest BCUT2D eigenvalue weighted by atomic mass is 16.6. The van der Waals surface area contributed by atoms with Crippen LogP contribution >= 0.6 is 0 Å². The molecule has 1 aliphatic carbocycles. The van der Waals surface area contributed by atoms with E-state index in [2.05, 4.69) is 5.32 Å². The first-order valence-corrected chi connectivity index (χ1v) is 8.67. The standard InChI is InChI=1S/C18H30N2O7/c1-10(21)19-12-11(14(22)25-7)9-18(5,15(23)26-8)13(12)20(6)16(24)27-17(2,3)4/h11-13H,9H2,1-8H3,(H,19,21)/t11-,12-,13-,18+/m1/s1. The summed E-state index contributed by atoms with van der Waals surface area (Å²) in [4.78, 5) is 50.5. The van der Waals surface area contributed by atoms with Crippen molar-refractivity contribution < 1.29 is 33.4 Å². The van der Waals surface area contributed by atoms with Gasteiger partial charge in [-0.1, -0.05) is 0 Å². The predicted octanol–water partition coefficient (Wildman–Crippen LogP) is 1.10. The van der Waals surface area contributed by atoms with E-state index in [1.54, 1.807) is 27.7 Å². The van der Waals surface area contributed by atoms with Gasteiger partial charge in [0.15, 0.2) is 0 Å². The van der Waals surface area contributed by atoms with Gasteiger partial charge in [0.1, 0.15) is 5.60 Å². The molecule has 0 saturated heterocycles. The Kier molecular flexibility index (Phi) is 6.85. The molecule has 154 valence electrons. The molecule has 0 unspecified atom stereocenters. The van der Waals surface area contributed by atoms with Crippen molar-refractivity contribution in [1.82, 2.24) is 10.2 Å². The quantitative estimate of drug-likeness (QED) is 0.569. The highest BCUT2D eigenvalue weighted by Gasteiger charge is 2.61. The minimum atomic E-state index is -1.24. The molecule has 2 amide bonds. The maximum absolute atomic E-state index is 12.6. The summed E-state index contributed by atoms with van der Waals surface area (Å²) in [6.45, 7) is 8.05. The zero-order chi connectivity index (χ0) is 21.2. The third-order valence-electron chi connectivity index (χ3n) is 4.69. The van der Waals surface area contributed by atoms with Crippen LogP contribution in [-0.2, 0) is 28.6 Å². The second-order valence-electron chi connectivity index (χ2n) is 8.01. The maximum atomic E-state index is 12.6. The van der Waals surface area contributed by atoms with Gasteiger partial charge in [-0.2, -0.15) is 0 Å². The molecule has 1 aliphatic rings. The lowest BCUT2D eigenvalue weighted by molar-refractivity contribution is -0.155. The summed E-state index contributed by atoms with van der Waals surface area (Å²) in [6, 6.07) is -1.70. The van der Waals surface area contributed by atoms with Crippen LogP contribution in [0, 0.1) is 11.3 Å². The van der Waals surface area contributed by atoms with Gasteiger partial charge in [0.05, 0.1) is 37.6 Å². The number of methoxy groups -OCH3 is 2. The van der Waals surface area contributed by atoms with E-state index in [9.17, 15) is 19.2 Å². The van der Waals surface area contributed by atoms with Crippen LogP contribution < -0.4 is 5.32 Å². The number of carbonyl (C=O) groups is 4. The van der Waals surface area contributed by atoms with Gasteiger partial charge >= 0.3 is 18.0 Å². The van der Waals surface area contributed by atoms with Crippen LogP contribution in [0.4, 0.5) is 4.79 Å². The van der Waals surface area contributed by atoms with Crippen molar-refractivity contribution in [2.24, 2.45) is 11.3 Å². The number of hydrogen-bond donors (Lipinski definition) is 1. The minimum absolute atomic E-state index is 0.0507. The Morgan fingerprint density at radius 2 is 1.67 bits per heavy atom. The monoisotopic (exact) mass is 386 g/mol. The van der Waals surface area contributed by atoms with E-state index in [1.807, 2.05) is 0 Å². The molecule has 0 aromatic rings. The van der Waals surface area contributed by atoms with Crippen LogP contribution in [0.3, 0.4) is 0 Å².